The topological polar surface area (TPSA) is 73.2 Å². The summed E-state index contributed by atoms with van der Waals surface area (Å²) in [6.07, 6.45) is 0.696. The summed E-state index contributed by atoms with van der Waals surface area (Å²) < 4.78 is 6.85. The second kappa shape index (κ2) is 6.63. The molecule has 1 aliphatic heterocycles. The number of nitrogens with zero attached hydrogens (tertiary/aromatic N) is 2. The molecule has 0 fully saturated rings. The molecule has 2 heterocycles. The van der Waals surface area contributed by atoms with E-state index in [4.69, 9.17) is 4.74 Å². The first-order chi connectivity index (χ1) is 12.6. The Labute approximate surface area is 150 Å². The number of aryl methyl sites for hydroxylation is 1. The predicted octanol–water partition coefficient (Wildman–Crippen LogP) is 2.34. The molecule has 6 heteroatoms. The third kappa shape index (κ3) is 2.94. The van der Waals surface area contributed by atoms with Crippen molar-refractivity contribution in [1.29, 1.82) is 0 Å². The normalized spacial score (nSPS) is 16.0. The largest absolute Gasteiger partial charge is 0.493 e. The van der Waals surface area contributed by atoms with E-state index < -0.39 is 0 Å². The first-order valence-electron chi connectivity index (χ1n) is 8.61. The number of ether oxygens (including phenoxy) is 1. The first-order valence-corrected chi connectivity index (χ1v) is 8.61. The van der Waals surface area contributed by atoms with Crippen LogP contribution in [-0.4, -0.2) is 22.3 Å². The average Bonchev–Trinajstić information content (AvgIpc) is 2.66. The van der Waals surface area contributed by atoms with Crippen LogP contribution in [0.4, 0.5) is 0 Å². The van der Waals surface area contributed by atoms with Gasteiger partial charge in [-0.05, 0) is 19.1 Å². The summed E-state index contributed by atoms with van der Waals surface area (Å²) in [4.78, 5) is 25.1. The van der Waals surface area contributed by atoms with Gasteiger partial charge in [0.05, 0.1) is 23.7 Å². The smallest absolute Gasteiger partial charge is 0.275 e. The van der Waals surface area contributed by atoms with Crippen LogP contribution in [0.5, 0.6) is 5.75 Å². The summed E-state index contributed by atoms with van der Waals surface area (Å²) in [6.45, 7) is 2.28. The van der Waals surface area contributed by atoms with Gasteiger partial charge in [-0.3, -0.25) is 9.59 Å². The number of hydrogen-bond acceptors (Lipinski definition) is 4. The Kier molecular flexibility index (Phi) is 4.16. The first kappa shape index (κ1) is 16.3. The van der Waals surface area contributed by atoms with E-state index in [1.807, 2.05) is 49.4 Å². The van der Waals surface area contributed by atoms with E-state index in [-0.39, 0.29) is 24.1 Å². The van der Waals surface area contributed by atoms with Gasteiger partial charge in [-0.2, -0.15) is 5.10 Å². The lowest BCUT2D eigenvalue weighted by atomic mass is 10.0. The minimum atomic E-state index is -0.256. The molecule has 4 rings (SSSR count). The minimum Gasteiger partial charge on any atom is -0.493 e. The maximum atomic E-state index is 12.6. The number of rotatable bonds is 3. The zero-order valence-corrected chi connectivity index (χ0v) is 14.4. The average molecular weight is 349 g/mol. The molecule has 6 nitrogen and oxygen atoms in total. The molecule has 3 aromatic rings. The quantitative estimate of drug-likeness (QED) is 0.788. The standard InChI is InChI=1S/C20H19N3O3/c1-13-14-6-2-3-7-15(14)20(25)23(22-13)12-19(24)21-17-10-11-26-18-9-5-4-8-16(17)18/h2-9,17H,10-12H2,1H3,(H,21,24)/t17-/m0/s1. The third-order valence-corrected chi connectivity index (χ3v) is 4.64. The van der Waals surface area contributed by atoms with E-state index in [1.165, 1.54) is 4.68 Å². The van der Waals surface area contributed by atoms with Gasteiger partial charge in [-0.15, -0.1) is 0 Å². The van der Waals surface area contributed by atoms with Crippen molar-refractivity contribution in [1.82, 2.24) is 15.1 Å². The number of amides is 1. The summed E-state index contributed by atoms with van der Waals surface area (Å²) in [6, 6.07) is 14.9. The molecule has 1 aliphatic rings. The minimum absolute atomic E-state index is 0.107. The number of hydrogen-bond donors (Lipinski definition) is 1. The van der Waals surface area contributed by atoms with Crippen LogP contribution in [0.2, 0.25) is 0 Å². The van der Waals surface area contributed by atoms with Crippen LogP contribution >= 0.6 is 0 Å². The number of nitrogens with one attached hydrogen (secondary N) is 1. The van der Waals surface area contributed by atoms with Gasteiger partial charge in [0.1, 0.15) is 12.3 Å². The molecular formula is C20H19N3O3. The SMILES string of the molecule is Cc1nn(CC(=O)N[C@H]2CCOc3ccccc32)c(=O)c2ccccc12. The fraction of sp³-hybridized carbons (Fsp3) is 0.250. The van der Waals surface area contributed by atoms with Crippen LogP contribution in [0.1, 0.15) is 23.7 Å². The van der Waals surface area contributed by atoms with E-state index in [0.717, 1.165) is 22.4 Å². The molecule has 0 saturated heterocycles. The molecule has 2 aromatic carbocycles. The number of carbonyl (C=O) groups excluding carboxylic acids is 1. The van der Waals surface area contributed by atoms with E-state index >= 15 is 0 Å². The van der Waals surface area contributed by atoms with Crippen molar-refractivity contribution < 1.29 is 9.53 Å². The number of benzene rings is 2. The van der Waals surface area contributed by atoms with Gasteiger partial charge in [-0.1, -0.05) is 36.4 Å². The highest BCUT2D eigenvalue weighted by Crippen LogP contribution is 2.31. The van der Waals surface area contributed by atoms with Gasteiger partial charge in [0, 0.05) is 17.4 Å². The third-order valence-electron chi connectivity index (χ3n) is 4.64. The van der Waals surface area contributed by atoms with Crippen LogP contribution in [0.25, 0.3) is 10.8 Å². The van der Waals surface area contributed by atoms with E-state index in [0.29, 0.717) is 18.4 Å². The fourth-order valence-corrected chi connectivity index (χ4v) is 3.38. The number of fused-ring (bicyclic) bond motifs is 2. The summed E-state index contributed by atoms with van der Waals surface area (Å²) in [5.41, 5.74) is 1.43. The van der Waals surface area contributed by atoms with E-state index in [1.54, 1.807) is 6.07 Å². The molecule has 1 N–H and O–H groups in total. The Bertz CT molecular complexity index is 1040. The molecule has 0 unspecified atom stereocenters. The Morgan fingerprint density at radius 2 is 1.92 bits per heavy atom. The maximum Gasteiger partial charge on any atom is 0.275 e. The molecule has 26 heavy (non-hydrogen) atoms. The van der Waals surface area contributed by atoms with Crippen molar-refractivity contribution in [2.24, 2.45) is 0 Å². The fourth-order valence-electron chi connectivity index (χ4n) is 3.38. The highest BCUT2D eigenvalue weighted by molar-refractivity contribution is 5.83. The second-order valence-electron chi connectivity index (χ2n) is 6.39. The van der Waals surface area contributed by atoms with Crippen molar-refractivity contribution in [3.05, 3.63) is 70.1 Å². The highest BCUT2D eigenvalue weighted by atomic mass is 16.5. The molecule has 1 atom stereocenters. The molecule has 0 bridgehead atoms. The number of aromatic nitrogens is 2. The molecule has 1 aromatic heterocycles. The number of carbonyl (C=O) groups is 1. The second-order valence-corrected chi connectivity index (χ2v) is 6.39. The van der Waals surface area contributed by atoms with Crippen molar-refractivity contribution in [3.63, 3.8) is 0 Å². The van der Waals surface area contributed by atoms with E-state index in [9.17, 15) is 9.59 Å². The summed E-state index contributed by atoms with van der Waals surface area (Å²) in [5.74, 6) is 0.553. The molecular weight excluding hydrogens is 330 g/mol. The van der Waals surface area contributed by atoms with Crippen LogP contribution in [0.15, 0.2) is 53.3 Å². The van der Waals surface area contributed by atoms with Gasteiger partial charge in [-0.25, -0.2) is 4.68 Å². The predicted molar refractivity (Wildman–Crippen MR) is 98.2 cm³/mol. The van der Waals surface area contributed by atoms with Crippen molar-refractivity contribution in [3.8, 4) is 5.75 Å². The van der Waals surface area contributed by atoms with Crippen LogP contribution < -0.4 is 15.6 Å². The lowest BCUT2D eigenvalue weighted by Crippen LogP contribution is -2.37. The molecule has 0 spiro atoms. The molecule has 0 radical (unpaired) electrons. The highest BCUT2D eigenvalue weighted by Gasteiger charge is 2.23. The van der Waals surface area contributed by atoms with Gasteiger partial charge in [0.25, 0.3) is 5.56 Å². The van der Waals surface area contributed by atoms with Gasteiger partial charge in [0.2, 0.25) is 5.91 Å². The van der Waals surface area contributed by atoms with Crippen molar-refractivity contribution in [2.75, 3.05) is 6.61 Å². The summed E-state index contributed by atoms with van der Waals surface area (Å²) >= 11 is 0. The monoisotopic (exact) mass is 349 g/mol. The summed E-state index contributed by atoms with van der Waals surface area (Å²) in [7, 11) is 0. The lowest BCUT2D eigenvalue weighted by molar-refractivity contribution is -0.122. The number of para-hydroxylation sites is 1. The van der Waals surface area contributed by atoms with Crippen LogP contribution in [0, 0.1) is 6.92 Å². The zero-order chi connectivity index (χ0) is 18.1. The zero-order valence-electron chi connectivity index (χ0n) is 14.4. The summed E-state index contributed by atoms with van der Waals surface area (Å²) in [5, 5.41) is 8.68. The molecule has 132 valence electrons. The lowest BCUT2D eigenvalue weighted by Gasteiger charge is -2.26. The Morgan fingerprint density at radius 1 is 1.19 bits per heavy atom. The van der Waals surface area contributed by atoms with Crippen molar-refractivity contribution >= 4 is 16.7 Å². The van der Waals surface area contributed by atoms with Gasteiger partial charge >= 0.3 is 0 Å². The molecule has 1 amide bonds. The van der Waals surface area contributed by atoms with Crippen LogP contribution in [0.3, 0.4) is 0 Å². The Morgan fingerprint density at radius 3 is 2.77 bits per heavy atom. The molecule has 0 aliphatic carbocycles. The Balaban J connectivity index is 1.57. The van der Waals surface area contributed by atoms with Gasteiger partial charge in [0.15, 0.2) is 0 Å². The maximum absolute atomic E-state index is 12.6. The van der Waals surface area contributed by atoms with Gasteiger partial charge < -0.3 is 10.1 Å². The molecule has 0 saturated carbocycles. The Hall–Kier alpha value is -3.15. The van der Waals surface area contributed by atoms with Crippen molar-refractivity contribution in [2.45, 2.75) is 25.9 Å². The van der Waals surface area contributed by atoms with E-state index in [2.05, 4.69) is 10.4 Å². The van der Waals surface area contributed by atoms with Crippen LogP contribution in [-0.2, 0) is 11.3 Å².